The molecule has 0 spiro atoms. The molecule has 1 aliphatic carbocycles. The highest BCUT2D eigenvalue weighted by Gasteiger charge is 2.27. The van der Waals surface area contributed by atoms with Crippen molar-refractivity contribution in [1.82, 2.24) is 14.5 Å². The minimum atomic E-state index is -0.667. The third-order valence-corrected chi connectivity index (χ3v) is 3.88. The van der Waals surface area contributed by atoms with Crippen molar-refractivity contribution in [3.05, 3.63) is 23.8 Å². The van der Waals surface area contributed by atoms with E-state index in [2.05, 4.69) is 16.8 Å². The van der Waals surface area contributed by atoms with Gasteiger partial charge >= 0.3 is 0 Å². The number of fused-ring (bicyclic) bond motifs is 1. The second-order valence-electron chi connectivity index (χ2n) is 5.24. The number of nitrogens with zero attached hydrogens (tertiary/aromatic N) is 3. The van der Waals surface area contributed by atoms with E-state index in [1.807, 2.05) is 0 Å². The lowest BCUT2D eigenvalue weighted by molar-refractivity contribution is 0.268. The third-order valence-electron chi connectivity index (χ3n) is 3.88. The van der Waals surface area contributed by atoms with Crippen molar-refractivity contribution >= 4 is 17.0 Å². The SMILES string of the molecule is CCN(CCn1c(N)nc2c(F)cc(F)cc21)C1CC1. The van der Waals surface area contributed by atoms with Gasteiger partial charge in [0, 0.05) is 31.3 Å². The zero-order valence-corrected chi connectivity index (χ0v) is 11.4. The predicted molar refractivity (Wildman–Crippen MR) is 74.3 cm³/mol. The summed E-state index contributed by atoms with van der Waals surface area (Å²) in [5.41, 5.74) is 6.40. The van der Waals surface area contributed by atoms with E-state index in [4.69, 9.17) is 5.73 Å². The number of halogens is 2. The van der Waals surface area contributed by atoms with Crippen LogP contribution in [0.1, 0.15) is 19.8 Å². The van der Waals surface area contributed by atoms with Gasteiger partial charge in [0.1, 0.15) is 11.3 Å². The molecule has 1 saturated carbocycles. The Bertz CT molecular complexity index is 634. The van der Waals surface area contributed by atoms with Gasteiger partial charge in [-0.3, -0.25) is 4.90 Å². The number of aromatic nitrogens is 2. The van der Waals surface area contributed by atoms with E-state index in [1.54, 1.807) is 4.57 Å². The second kappa shape index (κ2) is 5.01. The van der Waals surface area contributed by atoms with E-state index in [0.717, 1.165) is 19.2 Å². The first-order chi connectivity index (χ1) is 9.60. The van der Waals surface area contributed by atoms with Gasteiger partial charge in [0.2, 0.25) is 5.95 Å². The summed E-state index contributed by atoms with van der Waals surface area (Å²) in [6.45, 7) is 4.50. The molecule has 0 amide bonds. The van der Waals surface area contributed by atoms with Gasteiger partial charge in [0.15, 0.2) is 5.82 Å². The van der Waals surface area contributed by atoms with Gasteiger partial charge in [0.25, 0.3) is 0 Å². The Kier molecular flexibility index (Phi) is 3.33. The molecule has 3 rings (SSSR count). The molecule has 0 radical (unpaired) electrons. The molecule has 1 fully saturated rings. The predicted octanol–water partition coefficient (Wildman–Crippen LogP) is 2.38. The van der Waals surface area contributed by atoms with E-state index in [1.165, 1.54) is 18.9 Å². The largest absolute Gasteiger partial charge is 0.369 e. The Morgan fingerprint density at radius 1 is 1.40 bits per heavy atom. The Morgan fingerprint density at radius 3 is 2.80 bits per heavy atom. The maximum Gasteiger partial charge on any atom is 0.201 e. The van der Waals surface area contributed by atoms with Crippen molar-refractivity contribution in [2.45, 2.75) is 32.4 Å². The fraction of sp³-hybridized carbons (Fsp3) is 0.500. The molecule has 1 aliphatic rings. The summed E-state index contributed by atoms with van der Waals surface area (Å²) in [4.78, 5) is 6.36. The van der Waals surface area contributed by atoms with Crippen LogP contribution in [0.2, 0.25) is 0 Å². The van der Waals surface area contributed by atoms with Gasteiger partial charge in [0.05, 0.1) is 5.52 Å². The Balaban J connectivity index is 1.88. The Morgan fingerprint density at radius 2 is 2.15 bits per heavy atom. The molecule has 4 nitrogen and oxygen atoms in total. The zero-order valence-electron chi connectivity index (χ0n) is 11.4. The first kappa shape index (κ1) is 13.3. The average Bonchev–Trinajstić information content (AvgIpc) is 3.17. The molecule has 108 valence electrons. The van der Waals surface area contributed by atoms with E-state index in [0.29, 0.717) is 18.1 Å². The van der Waals surface area contributed by atoms with E-state index in [-0.39, 0.29) is 11.5 Å². The number of hydrogen-bond acceptors (Lipinski definition) is 3. The molecule has 0 atom stereocenters. The van der Waals surface area contributed by atoms with Crippen molar-refractivity contribution < 1.29 is 8.78 Å². The number of nitrogens with two attached hydrogens (primary N) is 1. The fourth-order valence-corrected chi connectivity index (χ4v) is 2.67. The molecule has 0 bridgehead atoms. The summed E-state index contributed by atoms with van der Waals surface area (Å²) in [5.74, 6) is -1.04. The molecular weight excluding hydrogens is 262 g/mol. The van der Waals surface area contributed by atoms with E-state index >= 15 is 0 Å². The second-order valence-corrected chi connectivity index (χ2v) is 5.24. The summed E-state index contributed by atoms with van der Waals surface area (Å²) in [5, 5.41) is 0. The maximum absolute atomic E-state index is 13.7. The summed E-state index contributed by atoms with van der Waals surface area (Å²) < 4.78 is 28.7. The lowest BCUT2D eigenvalue weighted by Gasteiger charge is -2.20. The van der Waals surface area contributed by atoms with E-state index < -0.39 is 11.6 Å². The molecule has 1 aromatic heterocycles. The van der Waals surface area contributed by atoms with Crippen molar-refractivity contribution in [1.29, 1.82) is 0 Å². The number of likely N-dealkylation sites (N-methyl/N-ethyl adjacent to an activating group) is 1. The van der Waals surface area contributed by atoms with Crippen LogP contribution in [0.25, 0.3) is 11.0 Å². The van der Waals surface area contributed by atoms with Crippen molar-refractivity contribution in [3.63, 3.8) is 0 Å². The molecule has 0 unspecified atom stereocenters. The average molecular weight is 280 g/mol. The lowest BCUT2D eigenvalue weighted by atomic mass is 10.3. The molecule has 6 heteroatoms. The van der Waals surface area contributed by atoms with Gasteiger partial charge in [-0.15, -0.1) is 0 Å². The highest BCUT2D eigenvalue weighted by Crippen LogP contribution is 2.27. The number of benzene rings is 1. The molecular formula is C14H18F2N4. The summed E-state index contributed by atoms with van der Waals surface area (Å²) >= 11 is 0. The number of rotatable bonds is 5. The van der Waals surface area contributed by atoms with Crippen molar-refractivity contribution in [2.24, 2.45) is 0 Å². The van der Waals surface area contributed by atoms with Crippen LogP contribution in [-0.4, -0.2) is 33.6 Å². The Hall–Kier alpha value is -1.69. The minimum Gasteiger partial charge on any atom is -0.369 e. The number of anilines is 1. The molecule has 20 heavy (non-hydrogen) atoms. The first-order valence-corrected chi connectivity index (χ1v) is 6.95. The van der Waals surface area contributed by atoms with Crippen LogP contribution in [0.15, 0.2) is 12.1 Å². The van der Waals surface area contributed by atoms with Gasteiger partial charge in [-0.05, 0) is 19.4 Å². The number of nitrogen functional groups attached to an aromatic ring is 1. The first-order valence-electron chi connectivity index (χ1n) is 6.95. The summed E-state index contributed by atoms with van der Waals surface area (Å²) in [7, 11) is 0. The van der Waals surface area contributed by atoms with E-state index in [9.17, 15) is 8.78 Å². The standard InChI is InChI=1S/C14H18F2N4/c1-2-19(10-3-4-10)5-6-20-12-8-9(15)7-11(16)13(12)18-14(20)17/h7-8,10H,2-6H2,1H3,(H2,17,18). The number of hydrogen-bond donors (Lipinski definition) is 1. The molecule has 0 saturated heterocycles. The van der Waals surface area contributed by atoms with Crippen LogP contribution < -0.4 is 5.73 Å². The molecule has 1 heterocycles. The molecule has 0 aliphatic heterocycles. The van der Waals surface area contributed by atoms with Gasteiger partial charge in [-0.25, -0.2) is 13.8 Å². The topological polar surface area (TPSA) is 47.1 Å². The maximum atomic E-state index is 13.7. The quantitative estimate of drug-likeness (QED) is 0.914. The van der Waals surface area contributed by atoms with Crippen molar-refractivity contribution in [3.8, 4) is 0 Å². The Labute approximate surface area is 116 Å². The van der Waals surface area contributed by atoms with Crippen LogP contribution in [0.3, 0.4) is 0 Å². The third kappa shape index (κ3) is 2.35. The summed E-state index contributed by atoms with van der Waals surface area (Å²) in [6, 6.07) is 2.78. The van der Waals surface area contributed by atoms with Crippen LogP contribution >= 0.6 is 0 Å². The summed E-state index contributed by atoms with van der Waals surface area (Å²) in [6.07, 6.45) is 2.47. The highest BCUT2D eigenvalue weighted by molar-refractivity contribution is 5.79. The number of imidazole rings is 1. The molecule has 2 N–H and O–H groups in total. The minimum absolute atomic E-state index is 0.137. The van der Waals surface area contributed by atoms with Gasteiger partial charge in [-0.2, -0.15) is 0 Å². The zero-order chi connectivity index (χ0) is 14.3. The van der Waals surface area contributed by atoms with Crippen molar-refractivity contribution in [2.75, 3.05) is 18.8 Å². The monoisotopic (exact) mass is 280 g/mol. The van der Waals surface area contributed by atoms with Crippen LogP contribution in [0.4, 0.5) is 14.7 Å². The van der Waals surface area contributed by atoms with Gasteiger partial charge < -0.3 is 10.3 Å². The normalized spacial score (nSPS) is 15.4. The lowest BCUT2D eigenvalue weighted by Crippen LogP contribution is -2.29. The highest BCUT2D eigenvalue weighted by atomic mass is 19.1. The molecule has 1 aromatic carbocycles. The molecule has 2 aromatic rings. The fourth-order valence-electron chi connectivity index (χ4n) is 2.67. The van der Waals surface area contributed by atoms with Crippen LogP contribution in [-0.2, 0) is 6.54 Å². The van der Waals surface area contributed by atoms with Crippen LogP contribution in [0.5, 0.6) is 0 Å². The van der Waals surface area contributed by atoms with Crippen LogP contribution in [0, 0.1) is 11.6 Å². The van der Waals surface area contributed by atoms with Gasteiger partial charge in [-0.1, -0.05) is 6.92 Å². The smallest absolute Gasteiger partial charge is 0.201 e.